The molecule has 0 fully saturated rings. The summed E-state index contributed by atoms with van der Waals surface area (Å²) in [5, 5.41) is 4.02. The monoisotopic (exact) mass is 221 g/mol. The fraction of sp³-hybridized carbons (Fsp3) is 0.182. The molecule has 0 saturated carbocycles. The first kappa shape index (κ1) is 10.5. The van der Waals surface area contributed by atoms with Crippen LogP contribution in [-0.2, 0) is 6.54 Å². The van der Waals surface area contributed by atoms with Gasteiger partial charge in [-0.2, -0.15) is 5.10 Å². The number of hydrogen-bond acceptors (Lipinski definition) is 3. The minimum absolute atomic E-state index is 0.234. The molecule has 16 heavy (non-hydrogen) atoms. The molecule has 0 saturated heterocycles. The molecule has 0 radical (unpaired) electrons. The van der Waals surface area contributed by atoms with Crippen molar-refractivity contribution in [3.63, 3.8) is 0 Å². The van der Waals surface area contributed by atoms with Crippen LogP contribution in [0.15, 0.2) is 30.5 Å². The van der Waals surface area contributed by atoms with Gasteiger partial charge in [0.15, 0.2) is 11.6 Å². The average Bonchev–Trinajstić information content (AvgIpc) is 2.65. The van der Waals surface area contributed by atoms with E-state index in [1.165, 1.54) is 13.2 Å². The van der Waals surface area contributed by atoms with Gasteiger partial charge in [-0.25, -0.2) is 9.07 Å². The third kappa shape index (κ3) is 1.98. The summed E-state index contributed by atoms with van der Waals surface area (Å²) in [7, 11) is 1.43. The second-order valence-electron chi connectivity index (χ2n) is 3.38. The Balaban J connectivity index is 2.23. The van der Waals surface area contributed by atoms with Crippen molar-refractivity contribution >= 4 is 5.82 Å². The van der Waals surface area contributed by atoms with Gasteiger partial charge >= 0.3 is 0 Å². The molecule has 84 valence electrons. The number of benzene rings is 1. The highest BCUT2D eigenvalue weighted by molar-refractivity contribution is 5.31. The van der Waals surface area contributed by atoms with E-state index in [9.17, 15) is 4.39 Å². The lowest BCUT2D eigenvalue weighted by molar-refractivity contribution is 0.386. The Kier molecular flexibility index (Phi) is 2.76. The highest BCUT2D eigenvalue weighted by Crippen LogP contribution is 2.18. The Morgan fingerprint density at radius 2 is 2.25 bits per heavy atom. The van der Waals surface area contributed by atoms with Crippen molar-refractivity contribution in [1.82, 2.24) is 9.78 Å². The first-order valence-electron chi connectivity index (χ1n) is 4.80. The van der Waals surface area contributed by atoms with Crippen molar-refractivity contribution in [1.29, 1.82) is 0 Å². The number of anilines is 1. The number of hydrogen-bond donors (Lipinski definition) is 1. The number of nitrogens with two attached hydrogens (primary N) is 1. The molecule has 4 nitrogen and oxygen atoms in total. The summed E-state index contributed by atoms with van der Waals surface area (Å²) >= 11 is 0. The maximum Gasteiger partial charge on any atom is 0.165 e. The number of nitrogens with zero attached hydrogens (tertiary/aromatic N) is 2. The van der Waals surface area contributed by atoms with E-state index in [-0.39, 0.29) is 11.6 Å². The number of methoxy groups -OCH3 is 1. The molecule has 2 aromatic rings. The van der Waals surface area contributed by atoms with Crippen LogP contribution < -0.4 is 10.5 Å². The van der Waals surface area contributed by atoms with E-state index in [0.717, 1.165) is 5.56 Å². The standard InChI is InChI=1S/C11H12FN3O/c1-16-10-3-2-8(6-9(10)12)7-15-11(13)4-5-14-15/h2-6H,7,13H2,1H3. The van der Waals surface area contributed by atoms with Gasteiger partial charge in [-0.05, 0) is 23.8 Å². The molecule has 0 aliphatic heterocycles. The first-order valence-corrected chi connectivity index (χ1v) is 4.80. The average molecular weight is 221 g/mol. The SMILES string of the molecule is COc1ccc(Cn2nccc2N)cc1F. The summed E-state index contributed by atoms with van der Waals surface area (Å²) in [4.78, 5) is 0. The summed E-state index contributed by atoms with van der Waals surface area (Å²) in [6.07, 6.45) is 1.61. The molecule has 1 aromatic heterocycles. The third-order valence-electron chi connectivity index (χ3n) is 2.30. The fourth-order valence-electron chi connectivity index (χ4n) is 1.46. The third-order valence-corrected chi connectivity index (χ3v) is 2.30. The zero-order valence-corrected chi connectivity index (χ0v) is 8.85. The van der Waals surface area contributed by atoms with Crippen molar-refractivity contribution in [3.05, 3.63) is 41.8 Å². The first-order chi connectivity index (χ1) is 7.70. The van der Waals surface area contributed by atoms with E-state index in [1.807, 2.05) is 0 Å². The minimum atomic E-state index is -0.384. The normalized spacial score (nSPS) is 10.4. The van der Waals surface area contributed by atoms with Crippen LogP contribution in [-0.4, -0.2) is 16.9 Å². The van der Waals surface area contributed by atoms with Crippen LogP contribution in [0.4, 0.5) is 10.2 Å². The number of nitrogen functional groups attached to an aromatic ring is 1. The highest BCUT2D eigenvalue weighted by atomic mass is 19.1. The molecule has 0 atom stereocenters. The predicted octanol–water partition coefficient (Wildman–Crippen LogP) is 1.66. The highest BCUT2D eigenvalue weighted by Gasteiger charge is 2.05. The van der Waals surface area contributed by atoms with Crippen LogP contribution in [0.5, 0.6) is 5.75 Å². The Morgan fingerprint density at radius 1 is 1.44 bits per heavy atom. The molecule has 1 aromatic carbocycles. The molecule has 0 amide bonds. The molecular weight excluding hydrogens is 209 g/mol. The fourth-order valence-corrected chi connectivity index (χ4v) is 1.46. The van der Waals surface area contributed by atoms with Crippen molar-refractivity contribution in [2.24, 2.45) is 0 Å². The van der Waals surface area contributed by atoms with Crippen molar-refractivity contribution in [2.45, 2.75) is 6.54 Å². The van der Waals surface area contributed by atoms with E-state index in [4.69, 9.17) is 10.5 Å². The lowest BCUT2D eigenvalue weighted by Crippen LogP contribution is -2.05. The van der Waals surface area contributed by atoms with Crippen LogP contribution in [0, 0.1) is 5.82 Å². The smallest absolute Gasteiger partial charge is 0.165 e. The van der Waals surface area contributed by atoms with Crippen LogP contribution >= 0.6 is 0 Å². The molecule has 0 spiro atoms. The topological polar surface area (TPSA) is 53.1 Å². The van der Waals surface area contributed by atoms with E-state index < -0.39 is 0 Å². The van der Waals surface area contributed by atoms with Gasteiger partial charge in [-0.3, -0.25) is 0 Å². The van der Waals surface area contributed by atoms with Crippen molar-refractivity contribution in [2.75, 3.05) is 12.8 Å². The largest absolute Gasteiger partial charge is 0.494 e. The summed E-state index contributed by atoms with van der Waals surface area (Å²) in [5.41, 5.74) is 6.45. The van der Waals surface area contributed by atoms with Gasteiger partial charge in [-0.15, -0.1) is 0 Å². The maximum atomic E-state index is 13.4. The Morgan fingerprint density at radius 3 is 2.81 bits per heavy atom. The molecule has 0 aliphatic carbocycles. The van der Waals surface area contributed by atoms with Gasteiger partial charge < -0.3 is 10.5 Å². The summed E-state index contributed by atoms with van der Waals surface area (Å²) in [6, 6.07) is 6.48. The van der Waals surface area contributed by atoms with Crippen LogP contribution in [0.1, 0.15) is 5.56 Å². The number of rotatable bonds is 3. The summed E-state index contributed by atoms with van der Waals surface area (Å²) < 4.78 is 19.8. The Hall–Kier alpha value is -2.04. The van der Waals surface area contributed by atoms with Gasteiger partial charge in [-0.1, -0.05) is 6.07 Å². The van der Waals surface area contributed by atoms with E-state index in [0.29, 0.717) is 12.4 Å². The second-order valence-corrected chi connectivity index (χ2v) is 3.38. The molecular formula is C11H12FN3O. The van der Waals surface area contributed by atoms with Gasteiger partial charge in [0.25, 0.3) is 0 Å². The van der Waals surface area contributed by atoms with Crippen LogP contribution in [0.2, 0.25) is 0 Å². The lowest BCUT2D eigenvalue weighted by Gasteiger charge is -2.06. The zero-order valence-electron chi connectivity index (χ0n) is 8.85. The molecule has 0 bridgehead atoms. The van der Waals surface area contributed by atoms with Crippen molar-refractivity contribution in [3.8, 4) is 5.75 Å². The molecule has 0 aliphatic rings. The zero-order chi connectivity index (χ0) is 11.5. The van der Waals surface area contributed by atoms with Gasteiger partial charge in [0.1, 0.15) is 5.82 Å². The second kappa shape index (κ2) is 4.22. The minimum Gasteiger partial charge on any atom is -0.494 e. The van der Waals surface area contributed by atoms with E-state index in [2.05, 4.69) is 5.10 Å². The molecule has 1 heterocycles. The van der Waals surface area contributed by atoms with E-state index in [1.54, 1.807) is 29.1 Å². The molecule has 2 rings (SSSR count). The quantitative estimate of drug-likeness (QED) is 0.857. The van der Waals surface area contributed by atoms with Gasteiger partial charge in [0.2, 0.25) is 0 Å². The Bertz CT molecular complexity index is 496. The number of halogens is 1. The molecule has 5 heteroatoms. The Labute approximate surface area is 92.4 Å². The maximum absolute atomic E-state index is 13.4. The van der Waals surface area contributed by atoms with E-state index >= 15 is 0 Å². The van der Waals surface area contributed by atoms with Crippen LogP contribution in [0.25, 0.3) is 0 Å². The number of ether oxygens (including phenoxy) is 1. The van der Waals surface area contributed by atoms with Gasteiger partial charge in [0, 0.05) is 0 Å². The van der Waals surface area contributed by atoms with Crippen LogP contribution in [0.3, 0.4) is 0 Å². The predicted molar refractivity (Wildman–Crippen MR) is 58.7 cm³/mol. The summed E-state index contributed by atoms with van der Waals surface area (Å²) in [6.45, 7) is 0.444. The number of aromatic nitrogens is 2. The van der Waals surface area contributed by atoms with Crippen molar-refractivity contribution < 1.29 is 9.13 Å². The lowest BCUT2D eigenvalue weighted by atomic mass is 10.2. The summed E-state index contributed by atoms with van der Waals surface area (Å²) in [5.74, 6) is 0.402. The molecule has 2 N–H and O–H groups in total. The molecule has 0 unspecified atom stereocenters. The van der Waals surface area contributed by atoms with Gasteiger partial charge in [0.05, 0.1) is 19.9 Å².